The molecule has 2 aliphatic heterocycles. The van der Waals surface area contributed by atoms with Crippen LogP contribution in [0.1, 0.15) is 16.8 Å². The molecule has 0 bridgehead atoms. The average molecular weight is 395 g/mol. The minimum absolute atomic E-state index is 0.197. The highest BCUT2D eigenvalue weighted by atomic mass is 35.5. The van der Waals surface area contributed by atoms with Crippen LogP contribution in [0.5, 0.6) is 0 Å². The third kappa shape index (κ3) is 3.18. The van der Waals surface area contributed by atoms with Gasteiger partial charge in [0, 0.05) is 36.4 Å². The van der Waals surface area contributed by atoms with Crippen LogP contribution in [0.4, 0.5) is 5.95 Å². The Bertz CT molecular complexity index is 945. The number of morpholine rings is 1. The van der Waals surface area contributed by atoms with E-state index in [1.807, 2.05) is 6.92 Å². The lowest BCUT2D eigenvalue weighted by Crippen LogP contribution is -2.37. The van der Waals surface area contributed by atoms with Crippen LogP contribution in [0.15, 0.2) is 29.3 Å². The van der Waals surface area contributed by atoms with Crippen molar-refractivity contribution < 1.29 is 13.2 Å². The van der Waals surface area contributed by atoms with Crippen molar-refractivity contribution in [1.82, 2.24) is 14.3 Å². The van der Waals surface area contributed by atoms with Crippen LogP contribution in [-0.2, 0) is 27.8 Å². The van der Waals surface area contributed by atoms with Crippen LogP contribution in [0.25, 0.3) is 0 Å². The smallest absolute Gasteiger partial charge is 0.243 e. The standard InChI is InChI=1S/C17H19ClN4O3S/c1-12-2-3-14(8-15(12)18)26(23,24)22-10-13-9-19-17(20-16(13)11-22)21-4-6-25-7-5-21/h2-3,8-9H,4-7,10-11H2,1H3. The summed E-state index contributed by atoms with van der Waals surface area (Å²) in [7, 11) is -3.64. The van der Waals surface area contributed by atoms with Gasteiger partial charge in [0.1, 0.15) is 0 Å². The van der Waals surface area contributed by atoms with Crippen molar-refractivity contribution in [2.75, 3.05) is 31.2 Å². The molecule has 0 amide bonds. The number of ether oxygens (including phenoxy) is 1. The summed E-state index contributed by atoms with van der Waals surface area (Å²) in [4.78, 5) is 11.3. The van der Waals surface area contributed by atoms with Crippen LogP contribution in [0, 0.1) is 6.92 Å². The van der Waals surface area contributed by atoms with Gasteiger partial charge in [0.15, 0.2) is 0 Å². The van der Waals surface area contributed by atoms with Gasteiger partial charge in [-0.05, 0) is 24.6 Å². The summed E-state index contributed by atoms with van der Waals surface area (Å²) in [5.41, 5.74) is 2.43. The Morgan fingerprint density at radius 3 is 2.69 bits per heavy atom. The fraction of sp³-hybridized carbons (Fsp3) is 0.412. The molecule has 2 aromatic rings. The van der Waals surface area contributed by atoms with E-state index in [4.69, 9.17) is 16.3 Å². The molecule has 0 aliphatic carbocycles. The predicted octanol–water partition coefficient (Wildman–Crippen LogP) is 1.98. The van der Waals surface area contributed by atoms with Crippen molar-refractivity contribution in [1.29, 1.82) is 0 Å². The summed E-state index contributed by atoms with van der Waals surface area (Å²) in [6.45, 7) is 5.12. The van der Waals surface area contributed by atoms with E-state index in [0.29, 0.717) is 24.2 Å². The molecule has 0 atom stereocenters. The van der Waals surface area contributed by atoms with Gasteiger partial charge in [-0.2, -0.15) is 4.31 Å². The number of nitrogens with zero attached hydrogens (tertiary/aromatic N) is 4. The molecule has 0 saturated carbocycles. The molecule has 4 rings (SSSR count). The first-order valence-corrected chi connectivity index (χ1v) is 10.2. The normalized spacial score (nSPS) is 18.2. The Balaban J connectivity index is 1.58. The minimum atomic E-state index is -3.64. The SMILES string of the molecule is Cc1ccc(S(=O)(=O)N2Cc3cnc(N4CCOCC4)nc3C2)cc1Cl. The molecular formula is C17H19ClN4O3S. The van der Waals surface area contributed by atoms with Gasteiger partial charge < -0.3 is 9.64 Å². The van der Waals surface area contributed by atoms with Gasteiger partial charge in [-0.1, -0.05) is 17.7 Å². The number of fused-ring (bicyclic) bond motifs is 1. The monoisotopic (exact) mass is 394 g/mol. The second kappa shape index (κ2) is 6.77. The number of hydrogen-bond acceptors (Lipinski definition) is 6. The van der Waals surface area contributed by atoms with Gasteiger partial charge in [0.2, 0.25) is 16.0 Å². The molecule has 0 radical (unpaired) electrons. The van der Waals surface area contributed by atoms with Crippen molar-refractivity contribution >= 4 is 27.6 Å². The maximum atomic E-state index is 12.9. The van der Waals surface area contributed by atoms with Crippen LogP contribution >= 0.6 is 11.6 Å². The second-order valence-corrected chi connectivity index (χ2v) is 8.77. The van der Waals surface area contributed by atoms with E-state index < -0.39 is 10.0 Å². The lowest BCUT2D eigenvalue weighted by Gasteiger charge is -2.26. The van der Waals surface area contributed by atoms with Gasteiger partial charge in [-0.15, -0.1) is 0 Å². The third-order valence-electron chi connectivity index (χ3n) is 4.69. The molecule has 3 heterocycles. The molecule has 1 saturated heterocycles. The number of sulfonamides is 1. The number of hydrogen-bond donors (Lipinski definition) is 0. The van der Waals surface area contributed by atoms with Gasteiger partial charge in [0.25, 0.3) is 0 Å². The largest absolute Gasteiger partial charge is 0.378 e. The summed E-state index contributed by atoms with van der Waals surface area (Å²) < 4.78 is 32.7. The average Bonchev–Trinajstić information content (AvgIpc) is 3.09. The molecule has 9 heteroatoms. The topological polar surface area (TPSA) is 75.6 Å². The molecule has 7 nitrogen and oxygen atoms in total. The first-order chi connectivity index (χ1) is 12.4. The van der Waals surface area contributed by atoms with Crippen LogP contribution in [-0.4, -0.2) is 49.0 Å². The summed E-state index contributed by atoms with van der Waals surface area (Å²) in [5, 5.41) is 0.442. The molecule has 0 N–H and O–H groups in total. The van der Waals surface area contributed by atoms with Crippen LogP contribution < -0.4 is 4.90 Å². The summed E-state index contributed by atoms with van der Waals surface area (Å²) in [6, 6.07) is 4.80. The Labute approximate surface area is 157 Å². The van der Waals surface area contributed by atoms with Gasteiger partial charge >= 0.3 is 0 Å². The molecule has 26 heavy (non-hydrogen) atoms. The van der Waals surface area contributed by atoms with Gasteiger partial charge in [-0.3, -0.25) is 0 Å². The zero-order valence-electron chi connectivity index (χ0n) is 14.4. The second-order valence-electron chi connectivity index (χ2n) is 6.43. The minimum Gasteiger partial charge on any atom is -0.378 e. The highest BCUT2D eigenvalue weighted by Crippen LogP contribution is 2.30. The van der Waals surface area contributed by atoms with E-state index in [1.165, 1.54) is 10.4 Å². The molecule has 0 spiro atoms. The van der Waals surface area contributed by atoms with E-state index in [2.05, 4.69) is 14.9 Å². The number of aryl methyl sites for hydroxylation is 1. The Morgan fingerprint density at radius 1 is 1.19 bits per heavy atom. The molecule has 1 fully saturated rings. The quantitative estimate of drug-likeness (QED) is 0.792. The third-order valence-corrected chi connectivity index (χ3v) is 6.88. The predicted molar refractivity (Wildman–Crippen MR) is 97.7 cm³/mol. The van der Waals surface area contributed by atoms with Crippen LogP contribution in [0.3, 0.4) is 0 Å². The van der Waals surface area contributed by atoms with E-state index in [9.17, 15) is 8.42 Å². The van der Waals surface area contributed by atoms with Crippen molar-refractivity contribution in [3.63, 3.8) is 0 Å². The first kappa shape index (κ1) is 17.7. The summed E-state index contributed by atoms with van der Waals surface area (Å²) >= 11 is 6.10. The number of aromatic nitrogens is 2. The zero-order valence-corrected chi connectivity index (χ0v) is 15.9. The Morgan fingerprint density at radius 2 is 1.96 bits per heavy atom. The number of rotatable bonds is 3. The first-order valence-electron chi connectivity index (χ1n) is 8.39. The van der Waals surface area contributed by atoms with Crippen molar-refractivity contribution in [2.45, 2.75) is 24.9 Å². The summed E-state index contributed by atoms with van der Waals surface area (Å²) in [6.07, 6.45) is 1.73. The number of halogens is 1. The van der Waals surface area contributed by atoms with Crippen molar-refractivity contribution in [2.24, 2.45) is 0 Å². The number of benzene rings is 1. The Kier molecular flexibility index (Phi) is 4.60. The molecule has 2 aliphatic rings. The van der Waals surface area contributed by atoms with E-state index in [1.54, 1.807) is 18.3 Å². The van der Waals surface area contributed by atoms with E-state index in [-0.39, 0.29) is 18.0 Å². The lowest BCUT2D eigenvalue weighted by molar-refractivity contribution is 0.122. The number of anilines is 1. The molecular weight excluding hydrogens is 376 g/mol. The van der Waals surface area contributed by atoms with E-state index >= 15 is 0 Å². The van der Waals surface area contributed by atoms with Crippen molar-refractivity contribution in [3.8, 4) is 0 Å². The van der Waals surface area contributed by atoms with Crippen molar-refractivity contribution in [3.05, 3.63) is 46.2 Å². The molecule has 1 aromatic heterocycles. The maximum Gasteiger partial charge on any atom is 0.243 e. The fourth-order valence-corrected chi connectivity index (χ4v) is 4.73. The molecule has 1 aromatic carbocycles. The fourth-order valence-electron chi connectivity index (χ4n) is 3.08. The molecule has 138 valence electrons. The summed E-state index contributed by atoms with van der Waals surface area (Å²) in [5.74, 6) is 0.629. The highest BCUT2D eigenvalue weighted by Gasteiger charge is 2.32. The van der Waals surface area contributed by atoms with Crippen LogP contribution in [0.2, 0.25) is 5.02 Å². The highest BCUT2D eigenvalue weighted by molar-refractivity contribution is 7.89. The lowest BCUT2D eigenvalue weighted by atomic mass is 10.2. The van der Waals surface area contributed by atoms with Gasteiger partial charge in [-0.25, -0.2) is 18.4 Å². The van der Waals surface area contributed by atoms with Gasteiger partial charge in [0.05, 0.1) is 30.3 Å². The Hall–Kier alpha value is -1.74. The maximum absolute atomic E-state index is 12.9. The molecule has 0 unspecified atom stereocenters. The zero-order chi connectivity index (χ0) is 18.3. The van der Waals surface area contributed by atoms with E-state index in [0.717, 1.165) is 29.9 Å².